The lowest BCUT2D eigenvalue weighted by Gasteiger charge is -2.38. The Morgan fingerprint density at radius 2 is 1.83 bits per heavy atom. The van der Waals surface area contributed by atoms with E-state index in [2.05, 4.69) is 11.9 Å². The predicted molar refractivity (Wildman–Crippen MR) is 90.1 cm³/mol. The highest BCUT2D eigenvalue weighted by Gasteiger charge is 2.30. The third-order valence-corrected chi connectivity index (χ3v) is 5.10. The molecule has 2 aliphatic rings. The van der Waals surface area contributed by atoms with Crippen LogP contribution in [0.5, 0.6) is 0 Å². The van der Waals surface area contributed by atoms with Crippen LogP contribution in [0, 0.1) is 23.1 Å². The van der Waals surface area contributed by atoms with Gasteiger partial charge in [0.2, 0.25) is 5.91 Å². The minimum Gasteiger partial charge on any atom is -0.370 e. The van der Waals surface area contributed by atoms with Crippen molar-refractivity contribution in [2.75, 3.05) is 51.2 Å². The van der Waals surface area contributed by atoms with Crippen LogP contribution < -0.4 is 4.90 Å². The summed E-state index contributed by atoms with van der Waals surface area (Å²) >= 11 is 0. The maximum absolute atomic E-state index is 13.8. The number of hydrogen-bond acceptors (Lipinski definition) is 4. The monoisotopic (exact) mass is 330 g/mol. The highest BCUT2D eigenvalue weighted by Crippen LogP contribution is 2.28. The molecule has 0 aromatic heterocycles. The fraction of sp³-hybridized carbons (Fsp3) is 0.556. The van der Waals surface area contributed by atoms with Gasteiger partial charge in [0.1, 0.15) is 17.4 Å². The Morgan fingerprint density at radius 1 is 1.17 bits per heavy atom. The summed E-state index contributed by atoms with van der Waals surface area (Å²) in [5, 5.41) is 9.18. The number of carbonyl (C=O) groups is 1. The Morgan fingerprint density at radius 3 is 2.46 bits per heavy atom. The van der Waals surface area contributed by atoms with E-state index in [1.54, 1.807) is 12.1 Å². The fourth-order valence-electron chi connectivity index (χ4n) is 3.54. The molecular formula is C18H23FN4O. The number of hydrogen-bond donors (Lipinski definition) is 0. The molecule has 0 spiro atoms. The van der Waals surface area contributed by atoms with Crippen molar-refractivity contribution in [3.63, 3.8) is 0 Å². The van der Waals surface area contributed by atoms with Crippen LogP contribution in [-0.4, -0.2) is 62.0 Å². The lowest BCUT2D eigenvalue weighted by atomic mass is 9.94. The van der Waals surface area contributed by atoms with Crippen LogP contribution in [0.15, 0.2) is 18.2 Å². The minimum absolute atomic E-state index is 0.0451. The van der Waals surface area contributed by atoms with Gasteiger partial charge in [0, 0.05) is 45.2 Å². The van der Waals surface area contributed by atoms with Gasteiger partial charge in [-0.2, -0.15) is 5.26 Å². The van der Waals surface area contributed by atoms with Crippen molar-refractivity contribution in [3.8, 4) is 6.07 Å². The topological polar surface area (TPSA) is 50.6 Å². The maximum atomic E-state index is 13.8. The first-order valence-corrected chi connectivity index (χ1v) is 8.51. The maximum Gasteiger partial charge on any atom is 0.225 e. The molecule has 5 nitrogen and oxygen atoms in total. The van der Waals surface area contributed by atoms with Crippen molar-refractivity contribution in [1.29, 1.82) is 5.26 Å². The van der Waals surface area contributed by atoms with E-state index in [9.17, 15) is 14.4 Å². The summed E-state index contributed by atoms with van der Waals surface area (Å²) in [6.45, 7) is 4.83. The molecule has 0 bridgehead atoms. The van der Waals surface area contributed by atoms with E-state index >= 15 is 0 Å². The normalized spacial score (nSPS) is 20.0. The second-order valence-electron chi connectivity index (χ2n) is 6.64. The third-order valence-electron chi connectivity index (χ3n) is 5.10. The van der Waals surface area contributed by atoms with Crippen LogP contribution in [0.4, 0.5) is 10.1 Å². The van der Waals surface area contributed by atoms with Gasteiger partial charge in [-0.1, -0.05) is 6.07 Å². The average molecular weight is 330 g/mol. The lowest BCUT2D eigenvalue weighted by molar-refractivity contribution is -0.137. The number of amides is 1. The molecule has 1 amide bonds. The van der Waals surface area contributed by atoms with Crippen molar-refractivity contribution in [2.24, 2.45) is 5.92 Å². The Bertz CT molecular complexity index is 641. The second-order valence-corrected chi connectivity index (χ2v) is 6.64. The molecule has 2 saturated heterocycles. The number of piperidine rings is 1. The first-order valence-electron chi connectivity index (χ1n) is 8.51. The number of anilines is 1. The van der Waals surface area contributed by atoms with E-state index in [0.717, 1.165) is 39.0 Å². The van der Waals surface area contributed by atoms with E-state index < -0.39 is 5.82 Å². The molecular weight excluding hydrogens is 307 g/mol. The van der Waals surface area contributed by atoms with Crippen LogP contribution >= 0.6 is 0 Å². The number of nitrogens with zero attached hydrogens (tertiary/aromatic N) is 4. The van der Waals surface area contributed by atoms with Crippen molar-refractivity contribution >= 4 is 11.6 Å². The molecule has 128 valence electrons. The number of carbonyl (C=O) groups excluding carboxylic acids is 1. The van der Waals surface area contributed by atoms with Gasteiger partial charge in [0.05, 0.1) is 5.69 Å². The zero-order chi connectivity index (χ0) is 17.1. The first-order chi connectivity index (χ1) is 11.6. The van der Waals surface area contributed by atoms with Gasteiger partial charge in [-0.15, -0.1) is 0 Å². The molecule has 6 heteroatoms. The van der Waals surface area contributed by atoms with Gasteiger partial charge in [-0.25, -0.2) is 4.39 Å². The lowest BCUT2D eigenvalue weighted by Crippen LogP contribution is -2.50. The zero-order valence-electron chi connectivity index (χ0n) is 14.0. The van der Waals surface area contributed by atoms with Crippen LogP contribution in [0.25, 0.3) is 0 Å². The zero-order valence-corrected chi connectivity index (χ0v) is 14.0. The summed E-state index contributed by atoms with van der Waals surface area (Å²) in [5.74, 6) is -0.183. The van der Waals surface area contributed by atoms with E-state index in [-0.39, 0.29) is 17.4 Å². The molecule has 0 aliphatic carbocycles. The van der Waals surface area contributed by atoms with Crippen LogP contribution in [-0.2, 0) is 4.79 Å². The Hall–Kier alpha value is -2.13. The van der Waals surface area contributed by atoms with Crippen LogP contribution in [0.2, 0.25) is 0 Å². The van der Waals surface area contributed by atoms with Gasteiger partial charge in [0.15, 0.2) is 0 Å². The van der Waals surface area contributed by atoms with Gasteiger partial charge in [0.25, 0.3) is 0 Å². The van der Waals surface area contributed by atoms with Gasteiger partial charge in [-0.3, -0.25) is 4.79 Å². The van der Waals surface area contributed by atoms with Gasteiger partial charge in [-0.05, 0) is 32.0 Å². The van der Waals surface area contributed by atoms with E-state index in [1.807, 2.05) is 15.9 Å². The minimum atomic E-state index is -0.481. The number of nitriles is 1. The molecule has 1 aromatic carbocycles. The Balaban J connectivity index is 1.61. The van der Waals surface area contributed by atoms with Crippen LogP contribution in [0.3, 0.4) is 0 Å². The number of likely N-dealkylation sites (N-methyl/N-ethyl adjacent to an activating group) is 1. The SMILES string of the molecule is CN1CCN(C(=O)C2CCN(c3cccc(F)c3C#N)CC2)CC1. The largest absolute Gasteiger partial charge is 0.370 e. The van der Waals surface area contributed by atoms with Crippen LogP contribution in [0.1, 0.15) is 18.4 Å². The molecule has 0 N–H and O–H groups in total. The highest BCUT2D eigenvalue weighted by atomic mass is 19.1. The summed E-state index contributed by atoms with van der Waals surface area (Å²) in [6, 6.07) is 6.68. The molecule has 0 atom stereocenters. The average Bonchev–Trinajstić information content (AvgIpc) is 2.62. The van der Waals surface area contributed by atoms with Gasteiger partial charge >= 0.3 is 0 Å². The Kier molecular flexibility index (Phi) is 5.00. The van der Waals surface area contributed by atoms with Gasteiger partial charge < -0.3 is 14.7 Å². The molecule has 2 aliphatic heterocycles. The van der Waals surface area contributed by atoms with E-state index in [4.69, 9.17) is 0 Å². The molecule has 2 heterocycles. The standard InChI is InChI=1S/C18H23FN4O/c1-21-9-11-23(12-10-21)18(24)14-5-7-22(8-6-14)17-4-2-3-16(19)15(17)13-20/h2-4,14H,5-12H2,1H3. The molecule has 24 heavy (non-hydrogen) atoms. The molecule has 3 rings (SSSR count). The van der Waals surface area contributed by atoms with E-state index in [0.29, 0.717) is 18.8 Å². The summed E-state index contributed by atoms with van der Waals surface area (Å²) in [6.07, 6.45) is 1.51. The summed E-state index contributed by atoms with van der Waals surface area (Å²) in [7, 11) is 2.08. The molecule has 1 aromatic rings. The second kappa shape index (κ2) is 7.18. The molecule has 0 unspecified atom stereocenters. The van der Waals surface area contributed by atoms with Crippen molar-refractivity contribution in [1.82, 2.24) is 9.80 Å². The quantitative estimate of drug-likeness (QED) is 0.828. The predicted octanol–water partition coefficient (Wildman–Crippen LogP) is 1.69. The number of benzene rings is 1. The Labute approximate surface area is 142 Å². The van der Waals surface area contributed by atoms with Crippen molar-refractivity contribution < 1.29 is 9.18 Å². The fourth-order valence-corrected chi connectivity index (χ4v) is 3.54. The number of piperazine rings is 1. The summed E-state index contributed by atoms with van der Waals surface area (Å²) in [4.78, 5) is 18.9. The summed E-state index contributed by atoms with van der Waals surface area (Å²) < 4.78 is 13.8. The number of rotatable bonds is 2. The smallest absolute Gasteiger partial charge is 0.225 e. The first kappa shape index (κ1) is 16.7. The summed E-state index contributed by atoms with van der Waals surface area (Å²) in [5.41, 5.74) is 0.740. The van der Waals surface area contributed by atoms with Crippen molar-refractivity contribution in [3.05, 3.63) is 29.6 Å². The van der Waals surface area contributed by atoms with E-state index in [1.165, 1.54) is 6.07 Å². The highest BCUT2D eigenvalue weighted by molar-refractivity contribution is 5.79. The van der Waals surface area contributed by atoms with Crippen molar-refractivity contribution in [2.45, 2.75) is 12.8 Å². The molecule has 2 fully saturated rings. The molecule has 0 saturated carbocycles. The molecule has 0 radical (unpaired) electrons. The number of halogens is 1. The third kappa shape index (κ3) is 3.36.